The van der Waals surface area contributed by atoms with Crippen molar-refractivity contribution >= 4 is 21.5 Å². The monoisotopic (exact) mass is 358 g/mol. The lowest BCUT2D eigenvalue weighted by Gasteiger charge is -2.23. The minimum atomic E-state index is -1.20. The van der Waals surface area contributed by atoms with E-state index >= 15 is 0 Å². The molecule has 0 fully saturated rings. The summed E-state index contributed by atoms with van der Waals surface area (Å²) in [6.45, 7) is 0. The molecule has 1 atom stereocenters. The van der Waals surface area contributed by atoms with Crippen LogP contribution in [-0.2, 0) is 0 Å². The van der Waals surface area contributed by atoms with Crippen molar-refractivity contribution in [3.63, 3.8) is 0 Å². The molecular formula is C20H11BrN2. The van der Waals surface area contributed by atoms with Crippen LogP contribution in [0.15, 0.2) is 66.3 Å². The Labute approximate surface area is 143 Å². The highest BCUT2D eigenvalue weighted by Gasteiger charge is 2.48. The van der Waals surface area contributed by atoms with E-state index in [0.29, 0.717) is 0 Å². The summed E-state index contributed by atoms with van der Waals surface area (Å²) in [7, 11) is 0. The topological polar surface area (TPSA) is 47.6 Å². The normalized spacial score (nSPS) is 20.0. The quantitative estimate of drug-likeness (QED) is 0.694. The van der Waals surface area contributed by atoms with E-state index in [1.807, 2.05) is 60.7 Å². The van der Waals surface area contributed by atoms with Crippen LogP contribution in [0.4, 0.5) is 0 Å². The molecule has 3 rings (SSSR count). The minimum Gasteiger partial charge on any atom is -0.196 e. The first kappa shape index (κ1) is 15.1. The molecule has 2 aliphatic rings. The van der Waals surface area contributed by atoms with Gasteiger partial charge in [-0.3, -0.25) is 0 Å². The lowest BCUT2D eigenvalue weighted by Crippen LogP contribution is -2.24. The predicted octanol–water partition coefficient (Wildman–Crippen LogP) is 4.49. The number of fused-ring (bicyclic) bond motifs is 1. The minimum absolute atomic E-state index is 0.246. The average Bonchev–Trinajstić information content (AvgIpc) is 2.72. The summed E-state index contributed by atoms with van der Waals surface area (Å²) >= 11 is 3.08. The highest BCUT2D eigenvalue weighted by Crippen LogP contribution is 2.51. The Balaban J connectivity index is 2.14. The van der Waals surface area contributed by atoms with Crippen LogP contribution in [0.25, 0.3) is 5.57 Å². The smallest absolute Gasteiger partial charge is 0.179 e. The van der Waals surface area contributed by atoms with E-state index in [-0.39, 0.29) is 5.92 Å². The predicted molar refractivity (Wildman–Crippen MR) is 93.7 cm³/mol. The molecule has 108 valence electrons. The van der Waals surface area contributed by atoms with Gasteiger partial charge in [0, 0.05) is 27.4 Å². The van der Waals surface area contributed by atoms with Gasteiger partial charge in [-0.05, 0) is 33.7 Å². The first-order chi connectivity index (χ1) is 11.2. The van der Waals surface area contributed by atoms with Crippen molar-refractivity contribution in [3.8, 4) is 22.9 Å². The van der Waals surface area contributed by atoms with Crippen molar-refractivity contribution in [1.29, 1.82) is 10.5 Å². The van der Waals surface area contributed by atoms with Crippen LogP contribution < -0.4 is 0 Å². The second kappa shape index (κ2) is 6.13. The van der Waals surface area contributed by atoms with Gasteiger partial charge in [-0.25, -0.2) is 0 Å². The number of benzene rings is 1. The summed E-state index contributed by atoms with van der Waals surface area (Å²) in [5, 5.41) is 19.6. The largest absolute Gasteiger partial charge is 0.196 e. The number of nitriles is 2. The van der Waals surface area contributed by atoms with Gasteiger partial charge in [-0.2, -0.15) is 10.5 Å². The molecule has 2 nitrogen and oxygen atoms in total. The second-order valence-corrected chi connectivity index (χ2v) is 5.70. The second-order valence-electron chi connectivity index (χ2n) is 5.30. The van der Waals surface area contributed by atoms with E-state index in [0.717, 1.165) is 22.3 Å². The Bertz CT molecular complexity index is 890. The summed E-state index contributed by atoms with van der Waals surface area (Å²) in [4.78, 5) is 2.68. The van der Waals surface area contributed by atoms with Crippen LogP contribution in [-0.4, -0.2) is 0 Å². The van der Waals surface area contributed by atoms with Gasteiger partial charge < -0.3 is 0 Å². The number of halogens is 1. The van der Waals surface area contributed by atoms with Crippen LogP contribution in [0.2, 0.25) is 0 Å². The van der Waals surface area contributed by atoms with Gasteiger partial charge in [-0.1, -0.05) is 54.5 Å². The molecule has 1 aromatic rings. The Kier molecular flexibility index (Phi) is 4.03. The summed E-state index contributed by atoms with van der Waals surface area (Å²) in [5.74, 6) is 2.67. The molecule has 23 heavy (non-hydrogen) atoms. The molecule has 0 heterocycles. The van der Waals surface area contributed by atoms with Gasteiger partial charge in [0.05, 0.1) is 12.1 Å². The number of rotatable bonds is 1. The van der Waals surface area contributed by atoms with E-state index < -0.39 is 5.41 Å². The fraction of sp³-hybridized carbons (Fsp3) is 0.100. The molecular weight excluding hydrogens is 348 g/mol. The molecule has 0 amide bonds. The number of hydrogen-bond donors (Lipinski definition) is 0. The van der Waals surface area contributed by atoms with Gasteiger partial charge in [0.1, 0.15) is 0 Å². The highest BCUT2D eigenvalue weighted by atomic mass is 79.9. The average molecular weight is 359 g/mol. The van der Waals surface area contributed by atoms with Gasteiger partial charge in [0.2, 0.25) is 0 Å². The van der Waals surface area contributed by atoms with Crippen molar-refractivity contribution < 1.29 is 0 Å². The van der Waals surface area contributed by atoms with E-state index in [2.05, 4.69) is 38.8 Å². The van der Waals surface area contributed by atoms with Crippen molar-refractivity contribution in [2.75, 3.05) is 0 Å². The zero-order chi connectivity index (χ0) is 16.3. The van der Waals surface area contributed by atoms with E-state index in [4.69, 9.17) is 0 Å². The van der Waals surface area contributed by atoms with Crippen LogP contribution in [0.1, 0.15) is 11.1 Å². The lowest BCUT2D eigenvalue weighted by molar-refractivity contribution is 0.578. The first-order valence-corrected chi connectivity index (χ1v) is 7.86. The van der Waals surface area contributed by atoms with E-state index in [1.165, 1.54) is 0 Å². The van der Waals surface area contributed by atoms with Crippen molar-refractivity contribution in [2.24, 2.45) is 11.3 Å². The zero-order valence-electron chi connectivity index (χ0n) is 12.1. The number of allylic oxidation sites excluding steroid dienone is 8. The van der Waals surface area contributed by atoms with Crippen molar-refractivity contribution in [2.45, 2.75) is 0 Å². The van der Waals surface area contributed by atoms with E-state index in [9.17, 15) is 10.5 Å². The molecule has 1 unspecified atom stereocenters. The third-order valence-corrected chi connectivity index (χ3v) is 4.31. The standard InChI is InChI=1S/C20H11BrN2/c21-11-10-15-6-8-16(9-7-15)19-12-17-4-2-1-3-5-18(17)20(19,13-22)14-23/h1-9,12,18H. The fourth-order valence-electron chi connectivity index (χ4n) is 2.98. The SMILES string of the molecule is N#CC1(C#N)C(c2ccc(C#CBr)cc2)=CC2=CC=CC=CC21. The zero-order valence-corrected chi connectivity index (χ0v) is 13.7. The molecule has 0 radical (unpaired) electrons. The maximum Gasteiger partial charge on any atom is 0.179 e. The molecule has 0 N–H and O–H groups in total. The molecule has 0 bridgehead atoms. The summed E-state index contributed by atoms with van der Waals surface area (Å²) in [6, 6.07) is 12.1. The Morgan fingerprint density at radius 2 is 1.74 bits per heavy atom. The lowest BCUT2D eigenvalue weighted by atomic mass is 9.73. The Morgan fingerprint density at radius 1 is 1.00 bits per heavy atom. The third kappa shape index (κ3) is 2.44. The maximum atomic E-state index is 9.79. The van der Waals surface area contributed by atoms with Crippen molar-refractivity contribution in [1.82, 2.24) is 0 Å². The van der Waals surface area contributed by atoms with Gasteiger partial charge >= 0.3 is 0 Å². The van der Waals surface area contributed by atoms with Gasteiger partial charge in [-0.15, -0.1) is 0 Å². The molecule has 3 heteroatoms. The molecule has 0 spiro atoms. The summed E-state index contributed by atoms with van der Waals surface area (Å²) in [6.07, 6.45) is 11.6. The molecule has 1 aromatic carbocycles. The molecule has 2 aliphatic carbocycles. The van der Waals surface area contributed by atoms with E-state index in [1.54, 1.807) is 0 Å². The molecule has 0 aliphatic heterocycles. The molecule has 0 saturated heterocycles. The molecule has 0 aromatic heterocycles. The fourth-order valence-corrected chi connectivity index (χ4v) is 3.21. The number of nitrogens with zero attached hydrogens (tertiary/aromatic N) is 2. The van der Waals surface area contributed by atoms with Crippen LogP contribution >= 0.6 is 15.9 Å². The van der Waals surface area contributed by atoms with Gasteiger partial charge in [0.25, 0.3) is 0 Å². The Hall–Kier alpha value is -2.80. The maximum absolute atomic E-state index is 9.79. The third-order valence-electron chi connectivity index (χ3n) is 4.12. The van der Waals surface area contributed by atoms with Crippen LogP contribution in [0.5, 0.6) is 0 Å². The van der Waals surface area contributed by atoms with Gasteiger partial charge in [0.15, 0.2) is 5.41 Å². The van der Waals surface area contributed by atoms with Crippen LogP contribution in [0.3, 0.4) is 0 Å². The van der Waals surface area contributed by atoms with Crippen LogP contribution in [0, 0.1) is 44.7 Å². The number of hydrogen-bond acceptors (Lipinski definition) is 2. The summed E-state index contributed by atoms with van der Waals surface area (Å²) < 4.78 is 0. The summed E-state index contributed by atoms with van der Waals surface area (Å²) in [5.41, 5.74) is 2.28. The molecule has 0 saturated carbocycles. The first-order valence-electron chi connectivity index (χ1n) is 7.07. The highest BCUT2D eigenvalue weighted by molar-refractivity contribution is 9.12. The van der Waals surface area contributed by atoms with Crippen molar-refractivity contribution in [3.05, 3.63) is 77.4 Å². The Morgan fingerprint density at radius 3 is 2.39 bits per heavy atom.